The van der Waals surface area contributed by atoms with E-state index in [1.54, 1.807) is 14.2 Å². The fraction of sp³-hybridized carbons (Fsp3) is 0.562. The molecule has 10 nitrogen and oxygen atoms in total. The van der Waals surface area contributed by atoms with Crippen LogP contribution in [0.1, 0.15) is 49.4 Å². The van der Waals surface area contributed by atoms with Crippen molar-refractivity contribution in [3.63, 3.8) is 0 Å². The van der Waals surface area contributed by atoms with Gasteiger partial charge in [-0.2, -0.15) is 0 Å². The third-order valence-corrected chi connectivity index (χ3v) is 8.86. The van der Waals surface area contributed by atoms with E-state index >= 15 is 0 Å². The Morgan fingerprint density at radius 2 is 1.40 bits per heavy atom. The van der Waals surface area contributed by atoms with E-state index in [4.69, 9.17) is 33.5 Å². The lowest BCUT2D eigenvalue weighted by Crippen LogP contribution is -2.35. The second-order valence-corrected chi connectivity index (χ2v) is 11.3. The number of fused-ring (bicyclic) bond motifs is 4. The van der Waals surface area contributed by atoms with Crippen LogP contribution < -0.4 is 0 Å². The largest absolute Gasteiger partial charge is 0.462 e. The highest BCUT2D eigenvalue weighted by Crippen LogP contribution is 2.47. The molecular weight excluding hydrogens is 544 g/mol. The minimum Gasteiger partial charge on any atom is -0.462 e. The van der Waals surface area contributed by atoms with Gasteiger partial charge in [-0.1, -0.05) is 60.7 Å². The Morgan fingerprint density at radius 3 is 2.02 bits per heavy atom. The van der Waals surface area contributed by atoms with Gasteiger partial charge in [0.05, 0.1) is 31.7 Å². The Bertz CT molecular complexity index is 1160. The molecule has 2 N–H and O–H groups in total. The molecule has 0 spiro atoms. The van der Waals surface area contributed by atoms with Gasteiger partial charge in [0.1, 0.15) is 12.2 Å². The van der Waals surface area contributed by atoms with E-state index in [9.17, 15) is 14.7 Å². The molecule has 0 radical (unpaired) electrons. The van der Waals surface area contributed by atoms with Crippen LogP contribution in [0.2, 0.25) is 0 Å². The number of esters is 2. The van der Waals surface area contributed by atoms with Crippen molar-refractivity contribution in [2.75, 3.05) is 27.4 Å². The third-order valence-electron chi connectivity index (χ3n) is 8.86. The van der Waals surface area contributed by atoms with Crippen LogP contribution in [0, 0.1) is 23.7 Å². The lowest BCUT2D eigenvalue weighted by molar-refractivity contribution is -0.238. The molecule has 5 aliphatic rings. The van der Waals surface area contributed by atoms with E-state index in [1.165, 1.54) is 0 Å². The first-order valence-electron chi connectivity index (χ1n) is 14.5. The molecule has 7 rings (SSSR count). The number of hydrogen-bond acceptors (Lipinski definition) is 10. The zero-order valence-corrected chi connectivity index (χ0v) is 24.0. The van der Waals surface area contributed by atoms with Crippen molar-refractivity contribution >= 4 is 11.9 Å². The topological polar surface area (TPSA) is 130 Å². The van der Waals surface area contributed by atoms with Crippen LogP contribution in [0.4, 0.5) is 0 Å². The molecule has 2 saturated carbocycles. The molecule has 9 atom stereocenters. The number of ether oxygens (including phenoxy) is 6. The highest BCUT2D eigenvalue weighted by Gasteiger charge is 2.53. The number of aliphatic hydroxyl groups is 2. The van der Waals surface area contributed by atoms with Crippen LogP contribution in [-0.2, 0) is 38.0 Å². The maximum Gasteiger partial charge on any atom is 0.306 e. The highest BCUT2D eigenvalue weighted by atomic mass is 16.7. The maximum absolute atomic E-state index is 11.3. The second kappa shape index (κ2) is 14.1. The van der Waals surface area contributed by atoms with Crippen LogP contribution in [0.15, 0.2) is 60.7 Å². The van der Waals surface area contributed by atoms with Gasteiger partial charge in [-0.25, -0.2) is 0 Å². The summed E-state index contributed by atoms with van der Waals surface area (Å²) in [4.78, 5) is 22.2. The molecule has 2 aromatic rings. The van der Waals surface area contributed by atoms with Crippen molar-refractivity contribution in [3.8, 4) is 0 Å². The Morgan fingerprint density at radius 1 is 0.810 bits per heavy atom. The van der Waals surface area contributed by atoms with E-state index in [-0.39, 0.29) is 67.2 Å². The molecule has 2 aromatic carbocycles. The Balaban J connectivity index is 0.000000134. The third kappa shape index (κ3) is 6.85. The molecule has 5 fully saturated rings. The lowest BCUT2D eigenvalue weighted by atomic mass is 9.92. The molecule has 42 heavy (non-hydrogen) atoms. The van der Waals surface area contributed by atoms with Crippen molar-refractivity contribution in [2.45, 2.75) is 62.7 Å². The van der Waals surface area contributed by atoms with Gasteiger partial charge >= 0.3 is 11.9 Å². The molecule has 0 aromatic heterocycles. The fourth-order valence-electron chi connectivity index (χ4n) is 6.74. The highest BCUT2D eigenvalue weighted by molar-refractivity contribution is 5.72. The van der Waals surface area contributed by atoms with Crippen LogP contribution in [0.3, 0.4) is 0 Å². The summed E-state index contributed by atoms with van der Waals surface area (Å²) >= 11 is 0. The Labute approximate surface area is 245 Å². The monoisotopic (exact) mass is 584 g/mol. The number of benzene rings is 2. The van der Waals surface area contributed by atoms with Crippen LogP contribution >= 0.6 is 0 Å². The van der Waals surface area contributed by atoms with Crippen LogP contribution in [0.25, 0.3) is 0 Å². The summed E-state index contributed by atoms with van der Waals surface area (Å²) in [5.41, 5.74) is 2.09. The zero-order valence-electron chi connectivity index (χ0n) is 24.0. The molecule has 3 heterocycles. The molecule has 2 aliphatic carbocycles. The molecule has 0 bridgehead atoms. The summed E-state index contributed by atoms with van der Waals surface area (Å²) in [5, 5.41) is 18.4. The molecule has 10 heteroatoms. The minimum atomic E-state index is -0.502. The van der Waals surface area contributed by atoms with E-state index in [0.717, 1.165) is 17.5 Å². The van der Waals surface area contributed by atoms with Gasteiger partial charge in [0, 0.05) is 68.5 Å². The summed E-state index contributed by atoms with van der Waals surface area (Å²) in [6.45, 7) is 0.598. The lowest BCUT2D eigenvalue weighted by Gasteiger charge is -2.34. The first-order chi connectivity index (χ1) is 20.4. The summed E-state index contributed by atoms with van der Waals surface area (Å²) in [7, 11) is 3.25. The average Bonchev–Trinajstić information content (AvgIpc) is 3.73. The van der Waals surface area contributed by atoms with E-state index in [0.29, 0.717) is 31.8 Å². The Hall–Kier alpha value is -2.86. The molecule has 0 amide bonds. The van der Waals surface area contributed by atoms with Crippen molar-refractivity contribution in [1.29, 1.82) is 0 Å². The van der Waals surface area contributed by atoms with Crippen molar-refractivity contribution < 1.29 is 48.2 Å². The molecule has 228 valence electrons. The molecule has 3 aliphatic heterocycles. The molecule has 3 saturated heterocycles. The summed E-state index contributed by atoms with van der Waals surface area (Å²) in [6, 6.07) is 19.8. The maximum atomic E-state index is 11.3. The fourth-order valence-corrected chi connectivity index (χ4v) is 6.74. The average molecular weight is 585 g/mol. The van der Waals surface area contributed by atoms with Gasteiger partial charge in [0.2, 0.25) is 0 Å². The SMILES string of the molecule is COC(OC)c1ccccc1.O=C1CC2C(C[C@@H]3OC(c4ccccc4)OC[C@@H]23)O1.O=C1CC2C(C[C@H](O)[C@H]2CO)O1. The van der Waals surface area contributed by atoms with Crippen molar-refractivity contribution in [2.24, 2.45) is 23.7 Å². The predicted octanol–water partition coefficient (Wildman–Crippen LogP) is 3.32. The van der Waals surface area contributed by atoms with Crippen LogP contribution in [0.5, 0.6) is 0 Å². The smallest absolute Gasteiger partial charge is 0.306 e. The predicted molar refractivity (Wildman–Crippen MR) is 148 cm³/mol. The van der Waals surface area contributed by atoms with Crippen LogP contribution in [-0.4, -0.2) is 74.0 Å². The zero-order chi connectivity index (χ0) is 29.6. The number of rotatable bonds is 5. The number of carbonyl (C=O) groups excluding carboxylic acids is 2. The summed E-state index contributed by atoms with van der Waals surface area (Å²) in [5.74, 6) is 0.193. The second-order valence-electron chi connectivity index (χ2n) is 11.3. The van der Waals surface area contributed by atoms with Crippen molar-refractivity contribution in [3.05, 3.63) is 71.8 Å². The minimum absolute atomic E-state index is 0.0394. The van der Waals surface area contributed by atoms with Gasteiger partial charge in [0.15, 0.2) is 12.6 Å². The van der Waals surface area contributed by atoms with Gasteiger partial charge < -0.3 is 38.6 Å². The standard InChI is InChI=1S/C15H16O4.C9H12O2.C8H12O4/c16-14-6-10-11-8-17-15(9-4-2-1-3-5-9)19-13(11)7-12(10)18-14;1-10-9(11-2)8-6-4-3-5-7-8;9-3-5-4-1-8(11)12-7(4)2-6(5)10/h1-5,10-13,15H,6-8H2;3-7,9H,1-2H3;4-7,9-10H,1-3H2/t10?,11-,12?,13-,15?;;4?,5-,6-,7?/m0.0/s1. The molecular formula is C32H40O10. The number of aliphatic hydroxyl groups excluding tert-OH is 2. The van der Waals surface area contributed by atoms with Gasteiger partial charge in [0.25, 0.3) is 0 Å². The quantitative estimate of drug-likeness (QED) is 0.399. The first-order valence-corrected chi connectivity index (χ1v) is 14.5. The number of methoxy groups -OCH3 is 2. The van der Waals surface area contributed by atoms with Crippen molar-refractivity contribution in [1.82, 2.24) is 0 Å². The first kappa shape index (κ1) is 30.6. The van der Waals surface area contributed by atoms with Gasteiger partial charge in [-0.05, 0) is 0 Å². The number of carbonyl (C=O) groups is 2. The van der Waals surface area contributed by atoms with Gasteiger partial charge in [-0.15, -0.1) is 0 Å². The van der Waals surface area contributed by atoms with Gasteiger partial charge in [-0.3, -0.25) is 9.59 Å². The van der Waals surface area contributed by atoms with E-state index in [2.05, 4.69) is 0 Å². The normalized spacial score (nSPS) is 34.3. The summed E-state index contributed by atoms with van der Waals surface area (Å²) in [6.07, 6.45) is 1.20. The van der Waals surface area contributed by atoms with E-state index in [1.807, 2.05) is 60.7 Å². The number of hydrogen-bond donors (Lipinski definition) is 2. The summed E-state index contributed by atoms with van der Waals surface area (Å²) < 4.78 is 32.3. The molecule has 5 unspecified atom stereocenters. The van der Waals surface area contributed by atoms with E-state index < -0.39 is 6.10 Å². The Kier molecular flexibility index (Phi) is 10.3.